The summed E-state index contributed by atoms with van der Waals surface area (Å²) in [7, 11) is 0. The Morgan fingerprint density at radius 3 is 2.67 bits per heavy atom. The lowest BCUT2D eigenvalue weighted by Gasteiger charge is -2.15. The normalized spacial score (nSPS) is 12.8. The minimum absolute atomic E-state index is 0.370. The maximum absolute atomic E-state index is 5.72. The lowest BCUT2D eigenvalue weighted by Crippen LogP contribution is -2.28. The smallest absolute Gasteiger partial charge is 0.183 e. The first-order valence-electron chi connectivity index (χ1n) is 5.58. The average Bonchev–Trinajstić information content (AvgIpc) is 2.53. The number of hydrogen-bond acceptors (Lipinski definition) is 4. The van der Waals surface area contributed by atoms with Crippen molar-refractivity contribution in [1.29, 1.82) is 0 Å². The van der Waals surface area contributed by atoms with Crippen molar-refractivity contribution in [2.24, 2.45) is 5.73 Å². The number of rotatable bonds is 6. The number of aryl methyl sites for hydroxylation is 2. The third kappa shape index (κ3) is 3.80. The van der Waals surface area contributed by atoms with Crippen LogP contribution in [0.1, 0.15) is 36.8 Å². The van der Waals surface area contributed by atoms with E-state index in [1.807, 2.05) is 6.92 Å². The highest BCUT2D eigenvalue weighted by atomic mass is 32.1. The number of nitrogens with zero attached hydrogens (tertiary/aromatic N) is 1. The van der Waals surface area contributed by atoms with Crippen molar-refractivity contribution in [3.63, 3.8) is 0 Å². The molecule has 1 atom stereocenters. The van der Waals surface area contributed by atoms with Crippen LogP contribution in [0.3, 0.4) is 0 Å². The van der Waals surface area contributed by atoms with Crippen LogP contribution in [0.2, 0.25) is 0 Å². The van der Waals surface area contributed by atoms with E-state index in [9.17, 15) is 0 Å². The van der Waals surface area contributed by atoms with Gasteiger partial charge in [-0.2, -0.15) is 0 Å². The summed E-state index contributed by atoms with van der Waals surface area (Å²) < 4.78 is 0. The fourth-order valence-electron chi connectivity index (χ4n) is 1.41. The molecule has 0 amide bonds. The van der Waals surface area contributed by atoms with Gasteiger partial charge in [-0.3, -0.25) is 0 Å². The zero-order valence-corrected chi connectivity index (χ0v) is 10.7. The highest BCUT2D eigenvalue weighted by molar-refractivity contribution is 7.15. The number of nitrogens with one attached hydrogen (secondary N) is 1. The van der Waals surface area contributed by atoms with E-state index in [1.165, 1.54) is 17.7 Å². The highest BCUT2D eigenvalue weighted by Gasteiger charge is 2.09. The van der Waals surface area contributed by atoms with Crippen LogP contribution in [-0.4, -0.2) is 17.6 Å². The zero-order valence-electron chi connectivity index (χ0n) is 9.84. The van der Waals surface area contributed by atoms with Gasteiger partial charge in [0.2, 0.25) is 0 Å². The van der Waals surface area contributed by atoms with Crippen LogP contribution in [0.25, 0.3) is 0 Å². The molecule has 3 nitrogen and oxygen atoms in total. The minimum atomic E-state index is 0.370. The molecule has 0 spiro atoms. The summed E-state index contributed by atoms with van der Waals surface area (Å²) in [5.41, 5.74) is 6.84. The number of aromatic nitrogens is 1. The van der Waals surface area contributed by atoms with E-state index in [1.54, 1.807) is 11.3 Å². The van der Waals surface area contributed by atoms with E-state index < -0.39 is 0 Å². The molecule has 1 unspecified atom stereocenters. The van der Waals surface area contributed by atoms with Gasteiger partial charge >= 0.3 is 0 Å². The van der Waals surface area contributed by atoms with Crippen molar-refractivity contribution >= 4 is 16.5 Å². The van der Waals surface area contributed by atoms with E-state index in [-0.39, 0.29) is 0 Å². The molecule has 15 heavy (non-hydrogen) atoms. The van der Waals surface area contributed by atoms with Crippen LogP contribution in [0, 0.1) is 13.8 Å². The van der Waals surface area contributed by atoms with Gasteiger partial charge < -0.3 is 11.1 Å². The van der Waals surface area contributed by atoms with Gasteiger partial charge in [0.25, 0.3) is 0 Å². The van der Waals surface area contributed by atoms with Crippen molar-refractivity contribution in [2.75, 3.05) is 11.9 Å². The Bertz CT molecular complexity index is 277. The summed E-state index contributed by atoms with van der Waals surface area (Å²) in [5, 5.41) is 4.42. The molecule has 0 fully saturated rings. The molecule has 86 valence electrons. The van der Waals surface area contributed by atoms with Gasteiger partial charge in [-0.15, -0.1) is 11.3 Å². The lowest BCUT2D eigenvalue weighted by atomic mass is 10.1. The molecule has 0 bridgehead atoms. The topological polar surface area (TPSA) is 50.9 Å². The van der Waals surface area contributed by atoms with Crippen molar-refractivity contribution in [3.05, 3.63) is 10.6 Å². The number of unbranched alkanes of at least 4 members (excludes halogenated alkanes) is 1. The molecule has 0 aromatic carbocycles. The molecular formula is C11H21N3S. The third-order valence-electron chi connectivity index (χ3n) is 2.55. The Hall–Kier alpha value is -0.610. The Morgan fingerprint density at radius 2 is 2.20 bits per heavy atom. The first-order valence-corrected chi connectivity index (χ1v) is 6.39. The number of anilines is 1. The van der Waals surface area contributed by atoms with Gasteiger partial charge in [-0.25, -0.2) is 4.98 Å². The van der Waals surface area contributed by atoms with E-state index >= 15 is 0 Å². The van der Waals surface area contributed by atoms with Crippen LogP contribution >= 0.6 is 11.3 Å². The van der Waals surface area contributed by atoms with Crippen molar-refractivity contribution in [1.82, 2.24) is 4.98 Å². The molecule has 0 aliphatic heterocycles. The highest BCUT2D eigenvalue weighted by Crippen LogP contribution is 2.22. The van der Waals surface area contributed by atoms with Crippen LogP contribution < -0.4 is 11.1 Å². The van der Waals surface area contributed by atoms with Gasteiger partial charge in [0.1, 0.15) is 0 Å². The van der Waals surface area contributed by atoms with Gasteiger partial charge in [0, 0.05) is 17.5 Å². The molecule has 0 saturated carbocycles. The van der Waals surface area contributed by atoms with E-state index in [2.05, 4.69) is 24.1 Å². The second kappa shape index (κ2) is 6.08. The fourth-order valence-corrected chi connectivity index (χ4v) is 2.30. The maximum Gasteiger partial charge on any atom is 0.183 e. The molecule has 1 heterocycles. The Kier molecular flexibility index (Phi) is 5.05. The molecule has 3 N–H and O–H groups in total. The molecule has 1 aromatic heterocycles. The predicted octanol–water partition coefficient (Wildman–Crippen LogP) is 2.69. The molecule has 4 heteroatoms. The molecule has 0 aliphatic carbocycles. The number of hydrogen-bond donors (Lipinski definition) is 2. The summed E-state index contributed by atoms with van der Waals surface area (Å²) in [5.74, 6) is 0. The first kappa shape index (κ1) is 12.5. The Balaban J connectivity index is 2.50. The van der Waals surface area contributed by atoms with Crippen LogP contribution in [-0.2, 0) is 0 Å². The van der Waals surface area contributed by atoms with Crippen LogP contribution in [0.15, 0.2) is 0 Å². The van der Waals surface area contributed by atoms with Gasteiger partial charge in [0.05, 0.1) is 5.69 Å². The van der Waals surface area contributed by atoms with Gasteiger partial charge in [-0.1, -0.05) is 19.8 Å². The zero-order chi connectivity index (χ0) is 11.3. The second-order valence-corrected chi connectivity index (χ2v) is 5.08. The predicted molar refractivity (Wildman–Crippen MR) is 67.6 cm³/mol. The lowest BCUT2D eigenvalue weighted by molar-refractivity contribution is 0.614. The van der Waals surface area contributed by atoms with Crippen molar-refractivity contribution < 1.29 is 0 Å². The molecule has 1 rings (SSSR count). The molecule has 0 radical (unpaired) electrons. The van der Waals surface area contributed by atoms with Crippen LogP contribution in [0.4, 0.5) is 5.13 Å². The molecular weight excluding hydrogens is 206 g/mol. The van der Waals surface area contributed by atoms with Crippen molar-refractivity contribution in [2.45, 2.75) is 46.1 Å². The second-order valence-electron chi connectivity index (χ2n) is 3.88. The van der Waals surface area contributed by atoms with Gasteiger partial charge in [-0.05, 0) is 20.3 Å². The summed E-state index contributed by atoms with van der Waals surface area (Å²) in [4.78, 5) is 5.74. The number of thiazole rings is 1. The monoisotopic (exact) mass is 227 g/mol. The minimum Gasteiger partial charge on any atom is -0.358 e. The Morgan fingerprint density at radius 1 is 1.47 bits per heavy atom. The van der Waals surface area contributed by atoms with E-state index in [4.69, 9.17) is 5.73 Å². The first-order chi connectivity index (χ1) is 7.17. The molecule has 1 aromatic rings. The Labute approximate surface area is 96.1 Å². The van der Waals surface area contributed by atoms with Crippen LogP contribution in [0.5, 0.6) is 0 Å². The largest absolute Gasteiger partial charge is 0.358 e. The summed E-state index contributed by atoms with van der Waals surface area (Å²) >= 11 is 1.71. The fraction of sp³-hybridized carbons (Fsp3) is 0.727. The summed E-state index contributed by atoms with van der Waals surface area (Å²) in [6.45, 7) is 7.02. The molecule has 0 saturated heterocycles. The van der Waals surface area contributed by atoms with Gasteiger partial charge in [0.15, 0.2) is 5.13 Å². The standard InChI is InChI=1S/C11H21N3S/c1-4-5-6-10(7-12)14-11-13-8(2)9(3)15-11/h10H,4-7,12H2,1-3H3,(H,13,14). The molecule has 0 aliphatic rings. The quantitative estimate of drug-likeness (QED) is 0.785. The summed E-state index contributed by atoms with van der Waals surface area (Å²) in [6, 6.07) is 0.370. The SMILES string of the molecule is CCCCC(CN)Nc1nc(C)c(C)s1. The number of nitrogens with two attached hydrogens (primary N) is 1. The van der Waals surface area contributed by atoms with Crippen molar-refractivity contribution in [3.8, 4) is 0 Å². The van der Waals surface area contributed by atoms with E-state index in [0.29, 0.717) is 12.6 Å². The average molecular weight is 227 g/mol. The van der Waals surface area contributed by atoms with E-state index in [0.717, 1.165) is 17.2 Å². The maximum atomic E-state index is 5.72. The third-order valence-corrected chi connectivity index (χ3v) is 3.55. The summed E-state index contributed by atoms with van der Waals surface area (Å²) in [6.07, 6.45) is 3.57.